The summed E-state index contributed by atoms with van der Waals surface area (Å²) in [5.41, 5.74) is -0.202. The number of benzene rings is 2. The maximum atomic E-state index is 10.8. The Morgan fingerprint density at radius 2 is 1.05 bits per heavy atom. The molecule has 2 aromatic carbocycles. The average molecular weight is 250 g/mol. The van der Waals surface area contributed by atoms with Gasteiger partial charge in [-0.2, -0.15) is 9.98 Å². The maximum Gasteiger partial charge on any atom is 0.238 e. The van der Waals surface area contributed by atoms with Crippen LogP contribution in [0.1, 0.15) is 11.1 Å². The molecular weight excluding hydrogens is 240 g/mol. The summed E-state index contributed by atoms with van der Waals surface area (Å²) in [6.07, 6.45) is 2.99. The first kappa shape index (κ1) is 12.7. The van der Waals surface area contributed by atoms with Crippen LogP contribution in [-0.4, -0.2) is 12.2 Å². The van der Waals surface area contributed by atoms with E-state index in [2.05, 4.69) is 9.98 Å². The van der Waals surface area contributed by atoms with E-state index in [4.69, 9.17) is 0 Å². The van der Waals surface area contributed by atoms with Gasteiger partial charge < -0.3 is 0 Å². The first-order valence-electron chi connectivity index (χ1n) is 5.62. The molecule has 0 radical (unpaired) electrons. The molecule has 0 N–H and O–H groups in total. The van der Waals surface area contributed by atoms with Crippen molar-refractivity contribution in [3.8, 4) is 0 Å². The summed E-state index contributed by atoms with van der Waals surface area (Å²) in [4.78, 5) is 29.0. The summed E-state index contributed by atoms with van der Waals surface area (Å²) in [6.45, 7) is 0. The van der Waals surface area contributed by atoms with Gasteiger partial charge in [-0.05, 0) is 0 Å². The third-order valence-electron chi connectivity index (χ3n) is 2.77. The summed E-state index contributed by atoms with van der Waals surface area (Å²) in [6, 6.07) is 17.8. The molecule has 0 fully saturated rings. The lowest BCUT2D eigenvalue weighted by Crippen LogP contribution is -2.22. The van der Waals surface area contributed by atoms with E-state index in [0.29, 0.717) is 11.1 Å². The molecule has 0 aliphatic rings. The van der Waals surface area contributed by atoms with Crippen LogP contribution in [0.5, 0.6) is 0 Å². The van der Waals surface area contributed by atoms with Gasteiger partial charge in [0, 0.05) is 11.1 Å². The summed E-state index contributed by atoms with van der Waals surface area (Å²) in [5, 5.41) is 0. The van der Waals surface area contributed by atoms with Crippen molar-refractivity contribution in [2.75, 3.05) is 0 Å². The Labute approximate surface area is 110 Å². The van der Waals surface area contributed by atoms with E-state index < -0.39 is 5.66 Å². The van der Waals surface area contributed by atoms with E-state index in [9.17, 15) is 9.59 Å². The van der Waals surface area contributed by atoms with Gasteiger partial charge in [0.25, 0.3) is 0 Å². The zero-order valence-electron chi connectivity index (χ0n) is 9.98. The molecular formula is C15H10N2O2. The second-order valence-corrected chi connectivity index (χ2v) is 3.81. The van der Waals surface area contributed by atoms with Crippen LogP contribution in [-0.2, 0) is 15.3 Å². The Hall–Kier alpha value is -2.80. The van der Waals surface area contributed by atoms with Crippen molar-refractivity contribution >= 4 is 12.2 Å². The molecule has 0 unspecified atom stereocenters. The van der Waals surface area contributed by atoms with Crippen LogP contribution >= 0.6 is 0 Å². The van der Waals surface area contributed by atoms with Crippen LogP contribution in [0.25, 0.3) is 0 Å². The fourth-order valence-electron chi connectivity index (χ4n) is 1.92. The predicted octanol–water partition coefficient (Wildman–Crippen LogP) is 2.56. The Morgan fingerprint density at radius 1 is 0.684 bits per heavy atom. The molecule has 19 heavy (non-hydrogen) atoms. The van der Waals surface area contributed by atoms with E-state index in [-0.39, 0.29) is 0 Å². The highest BCUT2D eigenvalue weighted by molar-refractivity contribution is 5.49. The lowest BCUT2D eigenvalue weighted by molar-refractivity contribution is 0.516. The molecule has 2 rings (SSSR count). The first-order valence-corrected chi connectivity index (χ1v) is 5.62. The molecule has 0 aromatic heterocycles. The highest BCUT2D eigenvalue weighted by atomic mass is 16.1. The average Bonchev–Trinajstić information content (AvgIpc) is 2.49. The van der Waals surface area contributed by atoms with Gasteiger partial charge in [0.15, 0.2) is 0 Å². The molecule has 0 aliphatic heterocycles. The normalized spacial score (nSPS) is 10.1. The minimum atomic E-state index is -1.41. The molecule has 0 atom stereocenters. The van der Waals surface area contributed by atoms with Crippen molar-refractivity contribution < 1.29 is 9.59 Å². The van der Waals surface area contributed by atoms with Gasteiger partial charge in [0.1, 0.15) is 0 Å². The van der Waals surface area contributed by atoms with E-state index in [0.717, 1.165) is 0 Å². The number of nitrogens with zero attached hydrogens (tertiary/aromatic N) is 2. The minimum Gasteiger partial charge on any atom is -0.211 e. The highest BCUT2D eigenvalue weighted by Gasteiger charge is 2.33. The lowest BCUT2D eigenvalue weighted by Gasteiger charge is -2.22. The van der Waals surface area contributed by atoms with Crippen LogP contribution in [0, 0.1) is 0 Å². The molecule has 0 bridgehead atoms. The first-order chi connectivity index (χ1) is 9.33. The third-order valence-corrected chi connectivity index (χ3v) is 2.77. The van der Waals surface area contributed by atoms with Crippen molar-refractivity contribution in [1.82, 2.24) is 0 Å². The van der Waals surface area contributed by atoms with Crippen molar-refractivity contribution in [3.05, 3.63) is 71.8 Å². The van der Waals surface area contributed by atoms with Crippen molar-refractivity contribution in [2.24, 2.45) is 9.98 Å². The summed E-state index contributed by atoms with van der Waals surface area (Å²) in [7, 11) is 0. The quantitative estimate of drug-likeness (QED) is 0.618. The number of aliphatic imine (C=N–C) groups is 2. The van der Waals surface area contributed by atoms with E-state index >= 15 is 0 Å². The van der Waals surface area contributed by atoms with Gasteiger partial charge in [-0.25, -0.2) is 9.59 Å². The summed E-state index contributed by atoms with van der Waals surface area (Å²) >= 11 is 0. The van der Waals surface area contributed by atoms with E-state index in [1.165, 1.54) is 12.2 Å². The van der Waals surface area contributed by atoms with Gasteiger partial charge in [-0.3, -0.25) is 0 Å². The van der Waals surface area contributed by atoms with Crippen LogP contribution < -0.4 is 0 Å². The Morgan fingerprint density at radius 3 is 1.37 bits per heavy atom. The number of isocyanates is 2. The van der Waals surface area contributed by atoms with Crippen molar-refractivity contribution in [2.45, 2.75) is 5.66 Å². The van der Waals surface area contributed by atoms with Crippen molar-refractivity contribution in [1.29, 1.82) is 0 Å². The molecule has 0 aliphatic carbocycles. The predicted molar refractivity (Wildman–Crippen MR) is 69.9 cm³/mol. The number of hydrogen-bond donors (Lipinski definition) is 0. The minimum absolute atomic E-state index is 0.605. The molecule has 0 saturated heterocycles. The molecule has 0 saturated carbocycles. The summed E-state index contributed by atoms with van der Waals surface area (Å²) in [5.74, 6) is 0. The smallest absolute Gasteiger partial charge is 0.211 e. The number of carbonyl (C=O) groups excluding carboxylic acids is 2. The van der Waals surface area contributed by atoms with Gasteiger partial charge in [0.2, 0.25) is 17.8 Å². The fourth-order valence-corrected chi connectivity index (χ4v) is 1.92. The van der Waals surface area contributed by atoms with Crippen LogP contribution in [0.2, 0.25) is 0 Å². The van der Waals surface area contributed by atoms with E-state index in [1.807, 2.05) is 12.1 Å². The molecule has 0 amide bonds. The van der Waals surface area contributed by atoms with Gasteiger partial charge in [0.05, 0.1) is 0 Å². The Balaban J connectivity index is 2.75. The van der Waals surface area contributed by atoms with Crippen LogP contribution in [0.15, 0.2) is 70.6 Å². The topological polar surface area (TPSA) is 58.9 Å². The lowest BCUT2D eigenvalue weighted by atomic mass is 9.92. The van der Waals surface area contributed by atoms with E-state index in [1.54, 1.807) is 48.5 Å². The molecule has 4 nitrogen and oxygen atoms in total. The Bertz CT molecular complexity index is 581. The second-order valence-electron chi connectivity index (χ2n) is 3.81. The molecule has 92 valence electrons. The highest BCUT2D eigenvalue weighted by Crippen LogP contribution is 2.34. The monoisotopic (exact) mass is 250 g/mol. The zero-order valence-corrected chi connectivity index (χ0v) is 9.98. The zero-order chi connectivity index (χ0) is 13.6. The second kappa shape index (κ2) is 5.69. The third kappa shape index (κ3) is 2.40. The molecule has 0 spiro atoms. The SMILES string of the molecule is O=C=NC(N=C=O)(c1ccccc1)c1ccccc1. The molecule has 2 aromatic rings. The fraction of sp³-hybridized carbons (Fsp3) is 0.0667. The maximum absolute atomic E-state index is 10.8. The van der Waals surface area contributed by atoms with Crippen molar-refractivity contribution in [3.63, 3.8) is 0 Å². The molecule has 4 heteroatoms. The largest absolute Gasteiger partial charge is 0.238 e. The summed E-state index contributed by atoms with van der Waals surface area (Å²) < 4.78 is 0. The molecule has 0 heterocycles. The number of rotatable bonds is 4. The van der Waals surface area contributed by atoms with Gasteiger partial charge >= 0.3 is 0 Å². The standard InChI is InChI=1S/C15H10N2O2/c18-11-16-15(17-12-19,13-7-3-1-4-8-13)14-9-5-2-6-10-14/h1-10H. The Kier molecular flexibility index (Phi) is 3.79. The van der Waals surface area contributed by atoms with Gasteiger partial charge in [-0.15, -0.1) is 0 Å². The van der Waals surface area contributed by atoms with Gasteiger partial charge in [-0.1, -0.05) is 60.7 Å². The van der Waals surface area contributed by atoms with Crippen LogP contribution in [0.4, 0.5) is 0 Å². The van der Waals surface area contributed by atoms with Crippen LogP contribution in [0.3, 0.4) is 0 Å². The number of hydrogen-bond acceptors (Lipinski definition) is 4.